The average Bonchev–Trinajstić information content (AvgIpc) is 2.86. The Morgan fingerprint density at radius 1 is 0.865 bits per heavy atom. The molecule has 0 bridgehead atoms. The molecule has 3 aromatic carbocycles. The van der Waals surface area contributed by atoms with Crippen LogP contribution in [0.5, 0.6) is 5.75 Å². The van der Waals surface area contributed by atoms with Gasteiger partial charge in [0.1, 0.15) is 11.8 Å². The summed E-state index contributed by atoms with van der Waals surface area (Å²) in [5.41, 5.74) is 1.64. The first-order chi connectivity index (χ1) is 17.6. The molecule has 196 valence electrons. The van der Waals surface area contributed by atoms with E-state index in [1.165, 1.54) is 11.0 Å². The monoisotopic (exact) mass is 580 g/mol. The van der Waals surface area contributed by atoms with Crippen LogP contribution in [-0.2, 0) is 22.6 Å². The van der Waals surface area contributed by atoms with Gasteiger partial charge in [-0.1, -0.05) is 96.6 Å². The minimum atomic E-state index is -0.799. The van der Waals surface area contributed by atoms with E-state index in [1.807, 2.05) is 44.2 Å². The lowest BCUT2D eigenvalue weighted by atomic mass is 10.0. The van der Waals surface area contributed by atoms with E-state index in [9.17, 15) is 9.59 Å². The Kier molecular flexibility index (Phi) is 11.0. The number of carbonyl (C=O) groups excluding carboxylic acids is 2. The van der Waals surface area contributed by atoms with Gasteiger partial charge in [-0.05, 0) is 47.4 Å². The minimum Gasteiger partial charge on any atom is -0.482 e. The molecular formula is C28H28Cl4N2O3. The van der Waals surface area contributed by atoms with Gasteiger partial charge < -0.3 is 15.0 Å². The van der Waals surface area contributed by atoms with Crippen LogP contribution in [0.25, 0.3) is 0 Å². The lowest BCUT2D eigenvalue weighted by Gasteiger charge is -2.32. The third-order valence-electron chi connectivity index (χ3n) is 5.54. The van der Waals surface area contributed by atoms with Gasteiger partial charge >= 0.3 is 0 Å². The summed E-state index contributed by atoms with van der Waals surface area (Å²) in [6.45, 7) is 4.30. The lowest BCUT2D eigenvalue weighted by Crippen LogP contribution is -2.52. The molecule has 37 heavy (non-hydrogen) atoms. The maximum absolute atomic E-state index is 13.6. The number of benzene rings is 3. The molecule has 3 aromatic rings. The Hall–Kier alpha value is -2.44. The van der Waals surface area contributed by atoms with Crippen molar-refractivity contribution in [1.29, 1.82) is 0 Å². The molecule has 0 aliphatic carbocycles. The van der Waals surface area contributed by atoms with Crippen molar-refractivity contribution >= 4 is 58.2 Å². The SMILES string of the molecule is CC(C)CNC(=O)[C@@H](Cc1ccccc1)N(Cc1ccc(Cl)c(Cl)c1)C(=O)COc1ccc(Cl)cc1Cl. The third kappa shape index (κ3) is 8.82. The molecule has 0 spiro atoms. The van der Waals surface area contributed by atoms with Crippen LogP contribution >= 0.6 is 46.4 Å². The van der Waals surface area contributed by atoms with Crippen molar-refractivity contribution in [3.63, 3.8) is 0 Å². The first kappa shape index (κ1) is 29.1. The van der Waals surface area contributed by atoms with E-state index in [-0.39, 0.29) is 30.0 Å². The summed E-state index contributed by atoms with van der Waals surface area (Å²) < 4.78 is 5.73. The third-order valence-corrected chi connectivity index (χ3v) is 6.81. The maximum Gasteiger partial charge on any atom is 0.261 e. The summed E-state index contributed by atoms with van der Waals surface area (Å²) in [6.07, 6.45) is 0.319. The van der Waals surface area contributed by atoms with E-state index in [4.69, 9.17) is 51.1 Å². The second-order valence-electron chi connectivity index (χ2n) is 8.98. The van der Waals surface area contributed by atoms with Crippen molar-refractivity contribution in [3.05, 3.63) is 97.9 Å². The van der Waals surface area contributed by atoms with Crippen LogP contribution in [0, 0.1) is 5.92 Å². The quantitative estimate of drug-likeness (QED) is 0.263. The Balaban J connectivity index is 1.93. The molecule has 0 heterocycles. The van der Waals surface area contributed by atoms with Crippen LogP contribution in [0.4, 0.5) is 0 Å². The van der Waals surface area contributed by atoms with Crippen LogP contribution in [0.2, 0.25) is 20.1 Å². The lowest BCUT2D eigenvalue weighted by molar-refractivity contribution is -0.142. The fourth-order valence-corrected chi connectivity index (χ4v) is 4.41. The van der Waals surface area contributed by atoms with E-state index in [0.717, 1.165) is 11.1 Å². The number of amides is 2. The minimum absolute atomic E-state index is 0.125. The van der Waals surface area contributed by atoms with E-state index < -0.39 is 11.9 Å². The van der Waals surface area contributed by atoms with Crippen molar-refractivity contribution in [2.75, 3.05) is 13.2 Å². The summed E-state index contributed by atoms with van der Waals surface area (Å²) in [5.74, 6) is -0.0816. The molecule has 3 rings (SSSR count). The van der Waals surface area contributed by atoms with Gasteiger partial charge in [-0.15, -0.1) is 0 Å². The molecule has 0 aliphatic heterocycles. The van der Waals surface area contributed by atoms with Crippen molar-refractivity contribution in [3.8, 4) is 5.75 Å². The number of nitrogens with one attached hydrogen (secondary N) is 1. The number of hydrogen-bond acceptors (Lipinski definition) is 3. The van der Waals surface area contributed by atoms with Gasteiger partial charge in [0.2, 0.25) is 5.91 Å². The van der Waals surface area contributed by atoms with E-state index in [2.05, 4.69) is 5.32 Å². The Morgan fingerprint density at radius 3 is 2.24 bits per heavy atom. The summed E-state index contributed by atoms with van der Waals surface area (Å²) >= 11 is 24.5. The zero-order chi connectivity index (χ0) is 26.9. The second kappa shape index (κ2) is 13.9. The molecule has 2 amide bonds. The molecule has 0 saturated heterocycles. The van der Waals surface area contributed by atoms with Crippen molar-refractivity contribution in [1.82, 2.24) is 10.2 Å². The van der Waals surface area contributed by atoms with E-state index in [0.29, 0.717) is 33.8 Å². The number of rotatable bonds is 11. The molecule has 9 heteroatoms. The number of nitrogens with zero attached hydrogens (tertiary/aromatic N) is 1. The zero-order valence-corrected chi connectivity index (χ0v) is 23.5. The smallest absolute Gasteiger partial charge is 0.261 e. The molecule has 5 nitrogen and oxygen atoms in total. The molecular weight excluding hydrogens is 554 g/mol. The Labute approximate surface area is 237 Å². The largest absolute Gasteiger partial charge is 0.482 e. The number of carbonyl (C=O) groups is 2. The van der Waals surface area contributed by atoms with E-state index in [1.54, 1.807) is 30.3 Å². The first-order valence-electron chi connectivity index (χ1n) is 11.8. The number of hydrogen-bond donors (Lipinski definition) is 1. The van der Waals surface area contributed by atoms with Gasteiger partial charge in [0.15, 0.2) is 6.61 Å². The van der Waals surface area contributed by atoms with Gasteiger partial charge in [0.05, 0.1) is 15.1 Å². The highest BCUT2D eigenvalue weighted by Gasteiger charge is 2.31. The summed E-state index contributed by atoms with van der Waals surface area (Å²) in [6, 6.07) is 18.6. The molecule has 1 atom stereocenters. The molecule has 0 fully saturated rings. The number of ether oxygens (including phenoxy) is 1. The average molecular weight is 582 g/mol. The van der Waals surface area contributed by atoms with Crippen LogP contribution in [-0.4, -0.2) is 35.9 Å². The fraction of sp³-hybridized carbons (Fsp3) is 0.286. The standard InChI is InChI=1S/C28H28Cl4N2O3/c1-18(2)15-33-28(36)25(13-19-6-4-3-5-7-19)34(16-20-8-10-22(30)23(31)12-20)27(35)17-37-26-11-9-21(29)14-24(26)32/h3-12,14,18,25H,13,15-17H2,1-2H3,(H,33,36)/t25-/m1/s1. The Bertz CT molecular complexity index is 1220. The van der Waals surface area contributed by atoms with Crippen LogP contribution in [0.3, 0.4) is 0 Å². The molecule has 0 aliphatic rings. The first-order valence-corrected chi connectivity index (χ1v) is 13.3. The van der Waals surface area contributed by atoms with E-state index >= 15 is 0 Å². The van der Waals surface area contributed by atoms with Crippen molar-refractivity contribution in [2.24, 2.45) is 5.92 Å². The summed E-state index contributed by atoms with van der Waals surface area (Å²) in [7, 11) is 0. The zero-order valence-electron chi connectivity index (χ0n) is 20.5. The topological polar surface area (TPSA) is 58.6 Å². The fourth-order valence-electron chi connectivity index (χ4n) is 3.63. The predicted molar refractivity (Wildman–Crippen MR) is 151 cm³/mol. The normalized spacial score (nSPS) is 11.8. The summed E-state index contributed by atoms with van der Waals surface area (Å²) in [4.78, 5) is 28.6. The highest BCUT2D eigenvalue weighted by molar-refractivity contribution is 6.42. The van der Waals surface area contributed by atoms with Crippen LogP contribution in [0.15, 0.2) is 66.7 Å². The molecule has 0 aromatic heterocycles. The molecule has 0 saturated carbocycles. The molecule has 0 unspecified atom stereocenters. The maximum atomic E-state index is 13.6. The predicted octanol–water partition coefficient (Wildman–Crippen LogP) is 7.09. The van der Waals surface area contributed by atoms with Gasteiger partial charge in [-0.2, -0.15) is 0 Å². The molecule has 1 N–H and O–H groups in total. The van der Waals surface area contributed by atoms with Crippen LogP contribution < -0.4 is 10.1 Å². The molecule has 0 radical (unpaired) electrons. The van der Waals surface area contributed by atoms with Gasteiger partial charge in [0.25, 0.3) is 5.91 Å². The number of halogens is 4. The van der Waals surface area contributed by atoms with Crippen molar-refractivity contribution in [2.45, 2.75) is 32.9 Å². The van der Waals surface area contributed by atoms with Gasteiger partial charge in [0, 0.05) is 24.5 Å². The second-order valence-corrected chi connectivity index (χ2v) is 10.6. The highest BCUT2D eigenvalue weighted by Crippen LogP contribution is 2.28. The highest BCUT2D eigenvalue weighted by atomic mass is 35.5. The van der Waals surface area contributed by atoms with Gasteiger partial charge in [-0.3, -0.25) is 9.59 Å². The van der Waals surface area contributed by atoms with Gasteiger partial charge in [-0.25, -0.2) is 0 Å². The Morgan fingerprint density at radius 2 is 1.59 bits per heavy atom. The van der Waals surface area contributed by atoms with Crippen molar-refractivity contribution < 1.29 is 14.3 Å². The van der Waals surface area contributed by atoms with Crippen LogP contribution in [0.1, 0.15) is 25.0 Å². The summed E-state index contributed by atoms with van der Waals surface area (Å²) in [5, 5.41) is 4.48.